The fourth-order valence-electron chi connectivity index (χ4n) is 4.91. The van der Waals surface area contributed by atoms with Crippen molar-refractivity contribution >= 4 is 40.6 Å². The van der Waals surface area contributed by atoms with Gasteiger partial charge in [0.2, 0.25) is 5.91 Å². The van der Waals surface area contributed by atoms with Crippen LogP contribution in [0.1, 0.15) is 37.3 Å². The number of nitrogens with zero attached hydrogens (tertiary/aromatic N) is 5. The molecule has 0 saturated carbocycles. The molecule has 48 heavy (non-hydrogen) atoms. The summed E-state index contributed by atoms with van der Waals surface area (Å²) in [6.07, 6.45) is -5.06. The predicted octanol–water partition coefficient (Wildman–Crippen LogP) is 6.33. The quantitative estimate of drug-likeness (QED) is 0.164. The number of aliphatic imine (C=N–C) groups is 1. The van der Waals surface area contributed by atoms with Gasteiger partial charge in [0.1, 0.15) is 18.2 Å². The molecule has 3 aromatic carbocycles. The van der Waals surface area contributed by atoms with E-state index in [1.807, 2.05) is 38.1 Å². The standard InChI is InChI=1S/C32H30F3N7O5S/c1-19(2)24-5-3-4-6-25(24)42-27(43)17-48-30(42)39-29(44)37-26(38-31(45)46)16-9-20-7-10-21(11-8-20)28-36-18-41(40-28)22-12-14-23(15-13-22)47-32(33,34)35/h3-8,10-15,18-19,26,38H,9,16-17H2,1-2H3,(H,37,44)(H,45,46). The summed E-state index contributed by atoms with van der Waals surface area (Å²) in [5.41, 5.74) is 3.56. The van der Waals surface area contributed by atoms with Crippen molar-refractivity contribution in [2.24, 2.45) is 4.99 Å². The van der Waals surface area contributed by atoms with Gasteiger partial charge in [-0.2, -0.15) is 4.99 Å². The van der Waals surface area contributed by atoms with Crippen LogP contribution in [0.3, 0.4) is 0 Å². The second-order valence-corrected chi connectivity index (χ2v) is 11.8. The Labute approximate surface area is 277 Å². The largest absolute Gasteiger partial charge is 0.573 e. The number of ether oxygens (including phenoxy) is 1. The zero-order chi connectivity index (χ0) is 34.4. The Morgan fingerprint density at radius 1 is 1.04 bits per heavy atom. The van der Waals surface area contributed by atoms with Crippen molar-refractivity contribution in [3.63, 3.8) is 0 Å². The number of halogens is 3. The number of carbonyl (C=O) groups is 3. The second-order valence-electron chi connectivity index (χ2n) is 10.9. The molecule has 5 rings (SSSR count). The number of anilines is 1. The summed E-state index contributed by atoms with van der Waals surface area (Å²) >= 11 is 1.13. The lowest BCUT2D eigenvalue weighted by Crippen LogP contribution is -2.47. The summed E-state index contributed by atoms with van der Waals surface area (Å²) < 4.78 is 42.6. The van der Waals surface area contributed by atoms with Gasteiger partial charge in [0, 0.05) is 5.56 Å². The molecule has 4 aromatic rings. The Hall–Kier alpha value is -5.38. The number of rotatable bonds is 10. The molecule has 4 amide bonds. The van der Waals surface area contributed by atoms with Gasteiger partial charge in [-0.25, -0.2) is 19.3 Å². The molecule has 1 aliphatic rings. The molecular formula is C32H30F3N7O5S. The third-order valence-electron chi connectivity index (χ3n) is 7.12. The maximum atomic E-state index is 12.9. The van der Waals surface area contributed by atoms with E-state index in [2.05, 4.69) is 30.4 Å². The van der Waals surface area contributed by atoms with Crippen LogP contribution in [0.15, 0.2) is 84.1 Å². The van der Waals surface area contributed by atoms with Crippen LogP contribution in [0.2, 0.25) is 0 Å². The molecule has 12 nitrogen and oxygen atoms in total. The first-order chi connectivity index (χ1) is 22.9. The SMILES string of the molecule is CC(C)c1ccccc1N1C(=O)CSC1=NC(=O)NC(CCc1ccc(-c2ncn(-c3ccc(OC(F)(F)F)cc3)n2)cc1)NC(=O)O. The number of carboxylic acid groups (broad SMARTS) is 1. The summed E-state index contributed by atoms with van der Waals surface area (Å²) in [4.78, 5) is 47.0. The normalized spacial score (nSPS) is 14.8. The van der Waals surface area contributed by atoms with E-state index >= 15 is 0 Å². The minimum Gasteiger partial charge on any atom is -0.465 e. The number of benzene rings is 3. The Bertz CT molecular complexity index is 1810. The molecule has 0 bridgehead atoms. The van der Waals surface area contributed by atoms with Crippen molar-refractivity contribution in [1.82, 2.24) is 25.4 Å². The third-order valence-corrected chi connectivity index (χ3v) is 8.04. The van der Waals surface area contributed by atoms with Crippen molar-refractivity contribution in [3.05, 3.63) is 90.3 Å². The molecule has 3 N–H and O–H groups in total. The zero-order valence-corrected chi connectivity index (χ0v) is 26.5. The van der Waals surface area contributed by atoms with Crippen LogP contribution >= 0.6 is 11.8 Å². The maximum absolute atomic E-state index is 12.9. The van der Waals surface area contributed by atoms with Crippen molar-refractivity contribution in [2.75, 3.05) is 10.7 Å². The van der Waals surface area contributed by atoms with Crippen LogP contribution in [-0.2, 0) is 11.2 Å². The molecule has 1 saturated heterocycles. The first-order valence-corrected chi connectivity index (χ1v) is 15.7. The molecule has 1 aromatic heterocycles. The van der Waals surface area contributed by atoms with Crippen LogP contribution in [0.25, 0.3) is 17.1 Å². The van der Waals surface area contributed by atoms with Gasteiger partial charge in [-0.15, -0.1) is 18.3 Å². The minimum absolute atomic E-state index is 0.120. The molecule has 1 unspecified atom stereocenters. The average Bonchev–Trinajstić information content (AvgIpc) is 3.66. The third kappa shape index (κ3) is 8.70. The van der Waals surface area contributed by atoms with E-state index in [9.17, 15) is 32.7 Å². The van der Waals surface area contributed by atoms with Crippen molar-refractivity contribution < 1.29 is 37.4 Å². The number of aryl methyl sites for hydroxylation is 1. The van der Waals surface area contributed by atoms with Gasteiger partial charge in [-0.05, 0) is 60.2 Å². The van der Waals surface area contributed by atoms with Crippen molar-refractivity contribution in [2.45, 2.75) is 45.1 Å². The molecule has 0 radical (unpaired) electrons. The lowest BCUT2D eigenvalue weighted by molar-refractivity contribution is -0.274. The number of aromatic nitrogens is 3. The smallest absolute Gasteiger partial charge is 0.465 e. The minimum atomic E-state index is -4.79. The molecule has 16 heteroatoms. The van der Waals surface area contributed by atoms with E-state index < -0.39 is 24.7 Å². The number of para-hydroxylation sites is 1. The first kappa shape index (κ1) is 34.0. The van der Waals surface area contributed by atoms with Crippen molar-refractivity contribution in [1.29, 1.82) is 0 Å². The molecule has 2 heterocycles. The number of thioether (sulfide) groups is 1. The number of nitrogens with one attached hydrogen (secondary N) is 2. The van der Waals surface area contributed by atoms with E-state index in [0.29, 0.717) is 29.2 Å². The van der Waals surface area contributed by atoms with Gasteiger partial charge in [-0.3, -0.25) is 9.69 Å². The Morgan fingerprint density at radius 2 is 1.75 bits per heavy atom. The maximum Gasteiger partial charge on any atom is 0.573 e. The molecule has 1 atom stereocenters. The molecule has 1 aliphatic heterocycles. The highest BCUT2D eigenvalue weighted by atomic mass is 32.2. The second kappa shape index (κ2) is 14.6. The molecular weight excluding hydrogens is 651 g/mol. The van der Waals surface area contributed by atoms with E-state index in [1.54, 1.807) is 24.3 Å². The number of amides is 4. The lowest BCUT2D eigenvalue weighted by atomic mass is 10.0. The van der Waals surface area contributed by atoms with Gasteiger partial charge in [0.25, 0.3) is 0 Å². The highest BCUT2D eigenvalue weighted by Crippen LogP contribution is 2.33. The van der Waals surface area contributed by atoms with Crippen LogP contribution in [0.5, 0.6) is 5.75 Å². The fourth-order valence-corrected chi connectivity index (χ4v) is 5.77. The monoisotopic (exact) mass is 681 g/mol. The molecule has 0 spiro atoms. The summed E-state index contributed by atoms with van der Waals surface area (Å²) in [5.74, 6) is 0.0588. The number of carbonyl (C=O) groups excluding carboxylic acids is 2. The Kier molecular flexibility index (Phi) is 10.3. The van der Waals surface area contributed by atoms with Gasteiger partial charge in [-0.1, -0.05) is 68.1 Å². The predicted molar refractivity (Wildman–Crippen MR) is 173 cm³/mol. The van der Waals surface area contributed by atoms with Gasteiger partial charge in [0.15, 0.2) is 11.0 Å². The molecule has 250 valence electrons. The van der Waals surface area contributed by atoms with Gasteiger partial charge >= 0.3 is 18.5 Å². The van der Waals surface area contributed by atoms with Crippen LogP contribution in [0.4, 0.5) is 28.4 Å². The average molecular weight is 682 g/mol. The van der Waals surface area contributed by atoms with E-state index in [-0.39, 0.29) is 34.9 Å². The number of urea groups is 1. The van der Waals surface area contributed by atoms with Crippen LogP contribution in [0, 0.1) is 0 Å². The summed E-state index contributed by atoms with van der Waals surface area (Å²) in [6.45, 7) is 4.00. The van der Waals surface area contributed by atoms with E-state index in [1.165, 1.54) is 40.2 Å². The van der Waals surface area contributed by atoms with Gasteiger partial charge in [0.05, 0.1) is 17.1 Å². The van der Waals surface area contributed by atoms with Crippen LogP contribution in [-0.4, -0.2) is 61.4 Å². The molecule has 0 aliphatic carbocycles. The summed E-state index contributed by atoms with van der Waals surface area (Å²) in [5, 5.41) is 18.8. The van der Waals surface area contributed by atoms with Gasteiger partial charge < -0.3 is 20.5 Å². The number of hydrogen-bond acceptors (Lipinski definition) is 7. The number of amidine groups is 1. The summed E-state index contributed by atoms with van der Waals surface area (Å²) in [7, 11) is 0. The van der Waals surface area contributed by atoms with E-state index in [4.69, 9.17) is 0 Å². The fraction of sp³-hybridized carbons (Fsp3) is 0.250. The highest BCUT2D eigenvalue weighted by molar-refractivity contribution is 8.15. The van der Waals surface area contributed by atoms with Crippen molar-refractivity contribution in [3.8, 4) is 22.8 Å². The van der Waals surface area contributed by atoms with Crippen LogP contribution < -0.4 is 20.3 Å². The topological polar surface area (TPSA) is 151 Å². The Morgan fingerprint density at radius 3 is 2.42 bits per heavy atom. The first-order valence-electron chi connectivity index (χ1n) is 14.7. The number of alkyl halides is 3. The van der Waals surface area contributed by atoms with E-state index in [0.717, 1.165) is 22.9 Å². The highest BCUT2D eigenvalue weighted by Gasteiger charge is 2.33. The summed E-state index contributed by atoms with van der Waals surface area (Å²) in [6, 6.07) is 19.0. The molecule has 1 fully saturated rings. The lowest BCUT2D eigenvalue weighted by Gasteiger charge is -2.22. The number of hydrogen-bond donors (Lipinski definition) is 3. The zero-order valence-electron chi connectivity index (χ0n) is 25.6. The Balaban J connectivity index is 1.21.